The second-order valence-corrected chi connectivity index (χ2v) is 9.34. The SMILES string of the molecule is O=C(NC[C@H]1CCCO1)C(=O)NC[C@@H](c1ccco1)S(=O)(=O)c1cccs1. The molecule has 2 amide bonds. The van der Waals surface area contributed by atoms with E-state index < -0.39 is 26.9 Å². The summed E-state index contributed by atoms with van der Waals surface area (Å²) in [6.07, 6.45) is 3.04. The Morgan fingerprint density at radius 3 is 2.67 bits per heavy atom. The van der Waals surface area contributed by atoms with Gasteiger partial charge in [0.1, 0.15) is 15.2 Å². The van der Waals surface area contributed by atoms with Crippen LogP contribution in [0.5, 0.6) is 0 Å². The summed E-state index contributed by atoms with van der Waals surface area (Å²) in [5.41, 5.74) is 0. The summed E-state index contributed by atoms with van der Waals surface area (Å²) < 4.78 is 36.5. The highest BCUT2D eigenvalue weighted by molar-refractivity contribution is 7.93. The number of ether oxygens (including phenoxy) is 1. The number of sulfone groups is 1. The Balaban J connectivity index is 1.63. The highest BCUT2D eigenvalue weighted by Crippen LogP contribution is 2.31. The van der Waals surface area contributed by atoms with E-state index in [2.05, 4.69) is 10.6 Å². The van der Waals surface area contributed by atoms with Crippen LogP contribution in [0.2, 0.25) is 0 Å². The molecule has 0 aliphatic carbocycles. The molecule has 1 fully saturated rings. The number of carbonyl (C=O) groups excluding carboxylic acids is 2. The molecular formula is C17H20N2O6S2. The molecule has 0 spiro atoms. The maximum Gasteiger partial charge on any atom is 0.309 e. The first kappa shape index (κ1) is 19.6. The Morgan fingerprint density at radius 1 is 1.22 bits per heavy atom. The van der Waals surface area contributed by atoms with Crippen LogP contribution in [0, 0.1) is 0 Å². The van der Waals surface area contributed by atoms with Gasteiger partial charge in [0.05, 0.1) is 12.4 Å². The van der Waals surface area contributed by atoms with Gasteiger partial charge in [-0.3, -0.25) is 9.59 Å². The molecule has 1 saturated heterocycles. The lowest BCUT2D eigenvalue weighted by atomic mass is 10.2. The molecule has 1 aliphatic rings. The van der Waals surface area contributed by atoms with E-state index >= 15 is 0 Å². The minimum Gasteiger partial charge on any atom is -0.468 e. The Morgan fingerprint density at radius 2 is 2.04 bits per heavy atom. The van der Waals surface area contributed by atoms with E-state index in [-0.39, 0.29) is 29.2 Å². The lowest BCUT2D eigenvalue weighted by molar-refractivity contribution is -0.139. The van der Waals surface area contributed by atoms with Crippen molar-refractivity contribution in [3.63, 3.8) is 0 Å². The van der Waals surface area contributed by atoms with Crippen molar-refractivity contribution in [1.82, 2.24) is 10.6 Å². The van der Waals surface area contributed by atoms with Crippen LogP contribution in [0.1, 0.15) is 23.9 Å². The number of nitrogens with one attached hydrogen (secondary N) is 2. The van der Waals surface area contributed by atoms with Gasteiger partial charge in [0.15, 0.2) is 9.84 Å². The second kappa shape index (κ2) is 8.68. The minimum atomic E-state index is -3.77. The van der Waals surface area contributed by atoms with Gasteiger partial charge in [-0.1, -0.05) is 6.07 Å². The Kier molecular flexibility index (Phi) is 6.30. The van der Waals surface area contributed by atoms with Gasteiger partial charge in [0.2, 0.25) is 0 Å². The number of furan rings is 1. The summed E-state index contributed by atoms with van der Waals surface area (Å²) in [7, 11) is -3.77. The lowest BCUT2D eigenvalue weighted by Crippen LogP contribution is -2.44. The number of rotatable bonds is 7. The molecule has 2 N–H and O–H groups in total. The van der Waals surface area contributed by atoms with E-state index in [4.69, 9.17) is 9.15 Å². The normalized spacial score (nSPS) is 18.1. The summed E-state index contributed by atoms with van der Waals surface area (Å²) in [6, 6.07) is 6.22. The van der Waals surface area contributed by atoms with E-state index in [1.165, 1.54) is 18.4 Å². The van der Waals surface area contributed by atoms with Gasteiger partial charge >= 0.3 is 11.8 Å². The molecule has 2 aromatic rings. The standard InChI is InChI=1S/C17H20N2O6S2/c20-16(18-10-12-4-1-7-24-12)17(21)19-11-14(13-5-2-8-25-13)27(22,23)15-6-3-9-26-15/h2-3,5-6,8-9,12,14H,1,4,7,10-11H2,(H,18,20)(H,19,21)/t12-,14+/m1/s1. The molecule has 2 atom stereocenters. The molecule has 8 nitrogen and oxygen atoms in total. The molecule has 0 saturated carbocycles. The minimum absolute atomic E-state index is 0.0863. The van der Waals surface area contributed by atoms with Gasteiger partial charge in [0, 0.05) is 19.7 Å². The predicted molar refractivity (Wildman–Crippen MR) is 97.9 cm³/mol. The second-order valence-electron chi connectivity index (χ2n) is 6.04. The fourth-order valence-corrected chi connectivity index (χ4v) is 5.55. The van der Waals surface area contributed by atoms with Crippen LogP contribution in [0.3, 0.4) is 0 Å². The van der Waals surface area contributed by atoms with Gasteiger partial charge in [-0.05, 0) is 36.4 Å². The van der Waals surface area contributed by atoms with Crippen molar-refractivity contribution in [3.05, 3.63) is 41.7 Å². The summed E-state index contributed by atoms with van der Waals surface area (Å²) in [5.74, 6) is -1.52. The van der Waals surface area contributed by atoms with Crippen LogP contribution >= 0.6 is 11.3 Å². The van der Waals surface area contributed by atoms with E-state index in [1.54, 1.807) is 17.5 Å². The van der Waals surface area contributed by atoms with Gasteiger partial charge in [-0.15, -0.1) is 11.3 Å². The summed E-state index contributed by atoms with van der Waals surface area (Å²) in [4.78, 5) is 24.0. The third-order valence-corrected chi connectivity index (χ3v) is 7.67. The molecule has 1 aliphatic heterocycles. The largest absolute Gasteiger partial charge is 0.468 e. The van der Waals surface area contributed by atoms with Crippen molar-refractivity contribution in [2.75, 3.05) is 19.7 Å². The molecule has 0 bridgehead atoms. The van der Waals surface area contributed by atoms with E-state index in [0.717, 1.165) is 24.2 Å². The van der Waals surface area contributed by atoms with Crippen LogP contribution in [0.4, 0.5) is 0 Å². The first-order valence-corrected chi connectivity index (χ1v) is 10.9. The average Bonchev–Trinajstić information content (AvgIpc) is 3.42. The topological polar surface area (TPSA) is 115 Å². The average molecular weight is 412 g/mol. The van der Waals surface area contributed by atoms with Crippen molar-refractivity contribution in [3.8, 4) is 0 Å². The quantitative estimate of drug-likeness (QED) is 0.662. The molecule has 146 valence electrons. The third kappa shape index (κ3) is 4.76. The van der Waals surface area contributed by atoms with Crippen LogP contribution in [0.25, 0.3) is 0 Å². The highest BCUT2D eigenvalue weighted by Gasteiger charge is 2.33. The number of thiophene rings is 1. The zero-order chi connectivity index (χ0) is 19.3. The molecular weight excluding hydrogens is 392 g/mol. The molecule has 3 rings (SSSR count). The van der Waals surface area contributed by atoms with Crippen LogP contribution < -0.4 is 10.6 Å². The van der Waals surface area contributed by atoms with Crippen molar-refractivity contribution < 1.29 is 27.2 Å². The fraction of sp³-hybridized carbons (Fsp3) is 0.412. The Bertz CT molecular complexity index is 855. The van der Waals surface area contributed by atoms with Crippen LogP contribution in [-0.4, -0.2) is 46.0 Å². The molecule has 0 radical (unpaired) electrons. The fourth-order valence-electron chi connectivity index (χ4n) is 2.76. The summed E-state index contributed by atoms with van der Waals surface area (Å²) in [5, 5.41) is 5.42. The smallest absolute Gasteiger partial charge is 0.309 e. The number of carbonyl (C=O) groups is 2. The molecule has 3 heterocycles. The zero-order valence-electron chi connectivity index (χ0n) is 14.4. The first-order valence-electron chi connectivity index (χ1n) is 8.47. The Hall–Kier alpha value is -2.17. The Labute approximate surface area is 160 Å². The van der Waals surface area contributed by atoms with Crippen molar-refractivity contribution >= 4 is 33.0 Å². The van der Waals surface area contributed by atoms with Gasteiger partial charge < -0.3 is 19.8 Å². The van der Waals surface area contributed by atoms with Crippen molar-refractivity contribution in [2.45, 2.75) is 28.4 Å². The molecule has 10 heteroatoms. The molecule has 2 aromatic heterocycles. The third-order valence-electron chi connectivity index (χ3n) is 4.18. The van der Waals surface area contributed by atoms with E-state index in [1.807, 2.05) is 0 Å². The monoisotopic (exact) mass is 412 g/mol. The molecule has 27 heavy (non-hydrogen) atoms. The molecule has 0 aromatic carbocycles. The van der Waals surface area contributed by atoms with Gasteiger partial charge in [0.25, 0.3) is 0 Å². The maximum atomic E-state index is 12.9. The van der Waals surface area contributed by atoms with E-state index in [0.29, 0.717) is 6.61 Å². The highest BCUT2D eigenvalue weighted by atomic mass is 32.2. The van der Waals surface area contributed by atoms with Crippen LogP contribution in [-0.2, 0) is 24.2 Å². The van der Waals surface area contributed by atoms with Gasteiger partial charge in [-0.2, -0.15) is 0 Å². The molecule has 0 unspecified atom stereocenters. The van der Waals surface area contributed by atoms with Crippen LogP contribution in [0.15, 0.2) is 44.5 Å². The maximum absolute atomic E-state index is 12.9. The first-order chi connectivity index (χ1) is 13.0. The summed E-state index contributed by atoms with van der Waals surface area (Å²) in [6.45, 7) is 0.624. The number of hydrogen-bond acceptors (Lipinski definition) is 7. The van der Waals surface area contributed by atoms with E-state index in [9.17, 15) is 18.0 Å². The predicted octanol–water partition coefficient (Wildman–Crippen LogP) is 1.27. The number of hydrogen-bond donors (Lipinski definition) is 2. The lowest BCUT2D eigenvalue weighted by Gasteiger charge is -2.16. The van der Waals surface area contributed by atoms with Gasteiger partial charge in [-0.25, -0.2) is 8.42 Å². The number of amides is 2. The zero-order valence-corrected chi connectivity index (χ0v) is 16.1. The van der Waals surface area contributed by atoms with Crippen molar-refractivity contribution in [1.29, 1.82) is 0 Å². The summed E-state index contributed by atoms with van der Waals surface area (Å²) >= 11 is 1.08. The van der Waals surface area contributed by atoms with Crippen molar-refractivity contribution in [2.24, 2.45) is 0 Å².